The fourth-order valence-electron chi connectivity index (χ4n) is 10.4. The third-order valence-electron chi connectivity index (χ3n) is 16.2. The summed E-state index contributed by atoms with van der Waals surface area (Å²) in [7, 11) is 2.04. The first-order valence-corrected chi connectivity index (χ1v) is 18.5. The predicted octanol–water partition coefficient (Wildman–Crippen LogP) is 10.6. The minimum Gasteiger partial charge on any atom is -0.478 e. The molecule has 0 amide bonds. The zero-order valence-corrected chi connectivity index (χ0v) is 34.7. The maximum atomic E-state index is 16.7. The Balaban J connectivity index is 2.03. The number of nitrogens with zero attached hydrogens (tertiary/aromatic N) is 1. The van der Waals surface area contributed by atoms with E-state index in [0.29, 0.717) is 33.4 Å². The van der Waals surface area contributed by atoms with E-state index >= 15 is 13.2 Å². The monoisotopic (exact) mass is 733 g/mol. The van der Waals surface area contributed by atoms with Gasteiger partial charge in [0.2, 0.25) is 0 Å². The molecule has 0 saturated heterocycles. The Morgan fingerprint density at radius 1 is 0.585 bits per heavy atom. The average molecular weight is 734 g/mol. The number of halogens is 4. The molecule has 8 heteroatoms. The summed E-state index contributed by atoms with van der Waals surface area (Å²) < 4.78 is 70.3. The summed E-state index contributed by atoms with van der Waals surface area (Å²) in [5, 5.41) is 11.8. The Kier molecular flexibility index (Phi) is 8.01. The second-order valence-electron chi connectivity index (χ2n) is 19.0. The molecule has 4 nitrogen and oxygen atoms in total. The van der Waals surface area contributed by atoms with Crippen molar-refractivity contribution in [3.05, 3.63) is 83.8 Å². The van der Waals surface area contributed by atoms with Crippen LogP contribution in [0.3, 0.4) is 0 Å². The lowest BCUT2D eigenvalue weighted by molar-refractivity contribution is 0.0664. The molecule has 2 heterocycles. The molecule has 6 rings (SSSR count). The number of hydrogen-bond donors (Lipinski definition) is 1. The third-order valence-corrected chi connectivity index (χ3v) is 16.2. The average Bonchev–Trinajstić information content (AvgIpc) is 3.04. The van der Waals surface area contributed by atoms with Gasteiger partial charge in [0, 0.05) is 45.8 Å². The summed E-state index contributed by atoms with van der Waals surface area (Å²) in [6.45, 7) is 36.1. The summed E-state index contributed by atoms with van der Waals surface area (Å²) in [5.41, 5.74) is 2.68. The van der Waals surface area contributed by atoms with E-state index in [-0.39, 0.29) is 27.4 Å². The predicted molar refractivity (Wildman–Crippen MR) is 205 cm³/mol. The standard InChI is InChI=1S/C45H55F4NO3/c1-19-25-27(28-29(39(51)52)33(47)35(49)34(48)32(28)46)26-20(2)31-36(50(18)45(16,17)44(14,15)42(31,10)11)22(4)38(26)53-37(25)21(3)24-23(5)40(6,7)43(12,13)41(8,9)30(19)24/h1-18H3,(H,51,52). The van der Waals surface area contributed by atoms with E-state index in [0.717, 1.165) is 38.7 Å². The van der Waals surface area contributed by atoms with E-state index in [9.17, 15) is 14.3 Å². The van der Waals surface area contributed by atoms with E-state index in [1.807, 2.05) is 34.7 Å². The molecule has 0 spiro atoms. The lowest BCUT2D eigenvalue weighted by Crippen LogP contribution is -2.63. The highest BCUT2D eigenvalue weighted by Crippen LogP contribution is 2.63. The first kappa shape index (κ1) is 38.9. The van der Waals surface area contributed by atoms with Crippen LogP contribution < -0.4 is 20.1 Å². The van der Waals surface area contributed by atoms with Gasteiger partial charge in [-0.1, -0.05) is 74.8 Å². The minimum atomic E-state index is -2.17. The topological polar surface area (TPSA) is 49.8 Å². The van der Waals surface area contributed by atoms with Crippen molar-refractivity contribution in [2.24, 2.45) is 16.2 Å². The molecule has 1 N–H and O–H groups in total. The van der Waals surface area contributed by atoms with Crippen molar-refractivity contribution in [2.75, 3.05) is 11.9 Å². The number of benzene rings is 3. The van der Waals surface area contributed by atoms with Crippen LogP contribution in [0.5, 0.6) is 11.5 Å². The maximum absolute atomic E-state index is 16.7. The number of fused-ring (bicyclic) bond motifs is 4. The lowest BCUT2D eigenvalue weighted by atomic mass is 9.47. The van der Waals surface area contributed by atoms with Crippen molar-refractivity contribution in [3.8, 4) is 11.5 Å². The fraction of sp³-hybridized carbons (Fsp3) is 0.533. The number of ether oxygens (including phenoxy) is 1. The van der Waals surface area contributed by atoms with Crippen LogP contribution in [0.4, 0.5) is 23.2 Å². The molecule has 0 radical (unpaired) electrons. The molecule has 3 aliphatic rings. The number of rotatable bonds is 2. The molecule has 3 aromatic carbocycles. The van der Waals surface area contributed by atoms with Crippen molar-refractivity contribution < 1.29 is 32.2 Å². The second-order valence-corrected chi connectivity index (χ2v) is 19.0. The molecule has 0 bridgehead atoms. The van der Waals surface area contributed by atoms with Gasteiger partial charge in [0.15, 0.2) is 23.3 Å². The Labute approximate surface area is 311 Å². The van der Waals surface area contributed by atoms with Crippen LogP contribution in [0.1, 0.15) is 145 Å². The third kappa shape index (κ3) is 4.21. The van der Waals surface area contributed by atoms with Crippen molar-refractivity contribution in [3.63, 3.8) is 0 Å². The van der Waals surface area contributed by atoms with Gasteiger partial charge in [-0.2, -0.15) is 0 Å². The number of hydrogen-bond acceptors (Lipinski definition) is 3. The van der Waals surface area contributed by atoms with Crippen LogP contribution >= 0.6 is 0 Å². The smallest absolute Gasteiger partial charge is 0.339 e. The van der Waals surface area contributed by atoms with Gasteiger partial charge in [0.25, 0.3) is 0 Å². The van der Waals surface area contributed by atoms with Gasteiger partial charge in [-0.05, 0) is 109 Å². The van der Waals surface area contributed by atoms with Crippen molar-refractivity contribution >= 4 is 22.8 Å². The highest BCUT2D eigenvalue weighted by atomic mass is 19.2. The highest BCUT2D eigenvalue weighted by Gasteiger charge is 2.58. The summed E-state index contributed by atoms with van der Waals surface area (Å²) in [4.78, 5) is 15.2. The summed E-state index contributed by atoms with van der Waals surface area (Å²) >= 11 is 0. The van der Waals surface area contributed by atoms with E-state index in [1.54, 1.807) is 0 Å². The molecular formula is C45H55F4NO3. The van der Waals surface area contributed by atoms with Crippen LogP contribution in [0.25, 0.3) is 11.1 Å². The lowest BCUT2D eigenvalue weighted by Gasteiger charge is -2.62. The van der Waals surface area contributed by atoms with Gasteiger partial charge in [-0.25, -0.2) is 22.4 Å². The van der Waals surface area contributed by atoms with E-state index < -0.39 is 51.2 Å². The Hall–Kier alpha value is -3.81. The summed E-state index contributed by atoms with van der Waals surface area (Å²) in [6.07, 6.45) is 0. The minimum absolute atomic E-state index is 0.0158. The molecule has 0 fully saturated rings. The highest BCUT2D eigenvalue weighted by molar-refractivity contribution is 6.01. The first-order chi connectivity index (χ1) is 23.9. The Bertz CT molecular complexity index is 2360. The van der Waals surface area contributed by atoms with E-state index in [2.05, 4.69) is 94.9 Å². The molecule has 0 atom stereocenters. The maximum Gasteiger partial charge on any atom is 0.339 e. The quantitative estimate of drug-likeness (QED) is 0.127. The molecule has 53 heavy (non-hydrogen) atoms. The van der Waals surface area contributed by atoms with Crippen LogP contribution in [-0.4, -0.2) is 23.7 Å². The van der Waals surface area contributed by atoms with E-state index in [1.165, 1.54) is 0 Å². The first-order valence-electron chi connectivity index (χ1n) is 18.5. The van der Waals surface area contributed by atoms with Gasteiger partial charge in [-0.3, -0.25) is 0 Å². The molecule has 3 aromatic rings. The second kappa shape index (κ2) is 10.9. The molecule has 2 aliphatic heterocycles. The number of aromatic carboxylic acids is 1. The van der Waals surface area contributed by atoms with Crippen molar-refractivity contribution in [1.82, 2.24) is 0 Å². The zero-order valence-electron chi connectivity index (χ0n) is 34.7. The summed E-state index contributed by atoms with van der Waals surface area (Å²) in [5.74, 6) is -9.17. The zero-order chi connectivity index (χ0) is 40.4. The SMILES string of the molecule is CC1=c2c(C)c3c(c(C)c2C(C)(C)C(C)(C)C1(C)C)=C(c1c(F)c(F)c(F)c(F)c1C(=O)O)c1c(C)c2c(c(C)c1O3)N(C)C(C)(C)C(C)(C)C2(C)C. The number of anilines is 1. The van der Waals surface area contributed by atoms with Crippen LogP contribution in [0, 0.1) is 67.2 Å². The molecule has 0 saturated carbocycles. The van der Waals surface area contributed by atoms with Gasteiger partial charge < -0.3 is 14.7 Å². The number of carboxylic acids is 1. The molecule has 0 aromatic heterocycles. The largest absolute Gasteiger partial charge is 0.478 e. The normalized spacial score (nSPS) is 21.0. The van der Waals surface area contributed by atoms with Crippen LogP contribution in [-0.2, 0) is 10.8 Å². The van der Waals surface area contributed by atoms with Crippen molar-refractivity contribution in [1.29, 1.82) is 0 Å². The van der Waals surface area contributed by atoms with Crippen LogP contribution in [0.2, 0.25) is 0 Å². The molecule has 286 valence electrons. The molecular weight excluding hydrogens is 678 g/mol. The Morgan fingerprint density at radius 2 is 1.09 bits per heavy atom. The van der Waals surface area contributed by atoms with Gasteiger partial charge in [-0.15, -0.1) is 0 Å². The van der Waals surface area contributed by atoms with Gasteiger partial charge in [0.05, 0.1) is 0 Å². The Morgan fingerprint density at radius 3 is 1.62 bits per heavy atom. The van der Waals surface area contributed by atoms with Gasteiger partial charge >= 0.3 is 5.97 Å². The molecule has 0 unspecified atom stereocenters. The molecule has 1 aliphatic carbocycles. The van der Waals surface area contributed by atoms with Crippen LogP contribution in [0.15, 0.2) is 0 Å². The van der Waals surface area contributed by atoms with E-state index in [4.69, 9.17) is 4.74 Å². The fourth-order valence-corrected chi connectivity index (χ4v) is 10.4. The van der Waals surface area contributed by atoms with Gasteiger partial charge in [0.1, 0.15) is 17.1 Å². The number of carboxylic acid groups (broad SMARTS) is 1. The number of carbonyl (C=O) groups is 1. The van der Waals surface area contributed by atoms with Crippen molar-refractivity contribution in [2.45, 2.75) is 134 Å². The summed E-state index contributed by atoms with van der Waals surface area (Å²) in [6, 6.07) is 0.